The van der Waals surface area contributed by atoms with E-state index in [-0.39, 0.29) is 17.1 Å². The summed E-state index contributed by atoms with van der Waals surface area (Å²) in [4.78, 5) is 26.7. The highest BCUT2D eigenvalue weighted by atomic mass is 35.5. The van der Waals surface area contributed by atoms with E-state index in [9.17, 15) is 27.9 Å². The van der Waals surface area contributed by atoms with Gasteiger partial charge in [0.05, 0.1) is 5.69 Å². The summed E-state index contributed by atoms with van der Waals surface area (Å²) in [6.07, 6.45) is -0.105. The van der Waals surface area contributed by atoms with Crippen molar-refractivity contribution in [1.29, 1.82) is 0 Å². The van der Waals surface area contributed by atoms with Gasteiger partial charge in [-0.1, -0.05) is 23.7 Å². The second-order valence-electron chi connectivity index (χ2n) is 7.71. The van der Waals surface area contributed by atoms with E-state index in [1.807, 2.05) is 0 Å². The maximum Gasteiger partial charge on any atom is 0.252 e. The maximum atomic E-state index is 14.0. The molecule has 0 saturated heterocycles. The molecule has 0 heterocycles. The first-order chi connectivity index (χ1) is 14.2. The quantitative estimate of drug-likeness (QED) is 0.695. The lowest BCUT2D eigenvalue weighted by Crippen LogP contribution is -2.60. The molecule has 0 aliphatic heterocycles. The lowest BCUT2D eigenvalue weighted by atomic mass is 9.84. The zero-order chi connectivity index (χ0) is 21.7. The van der Waals surface area contributed by atoms with E-state index >= 15 is 0 Å². The van der Waals surface area contributed by atoms with Gasteiger partial charge in [-0.05, 0) is 30.5 Å². The highest BCUT2D eigenvalue weighted by Crippen LogP contribution is 2.48. The van der Waals surface area contributed by atoms with Gasteiger partial charge in [0.1, 0.15) is 11.6 Å². The molecule has 0 spiro atoms. The number of hydrogen-bond donors (Lipinski definition) is 2. The number of rotatable bonds is 5. The van der Waals surface area contributed by atoms with Crippen molar-refractivity contribution in [1.82, 2.24) is 5.32 Å². The van der Waals surface area contributed by atoms with Gasteiger partial charge in [0.25, 0.3) is 11.8 Å². The molecule has 2 amide bonds. The molecular weight excluding hydrogens is 421 g/mol. The van der Waals surface area contributed by atoms with Gasteiger partial charge >= 0.3 is 0 Å². The van der Waals surface area contributed by atoms with Crippen LogP contribution in [0.2, 0.25) is 5.02 Å². The Balaban J connectivity index is 1.83. The fourth-order valence-electron chi connectivity index (χ4n) is 4.40. The van der Waals surface area contributed by atoms with Crippen LogP contribution in [0.15, 0.2) is 36.4 Å². The van der Waals surface area contributed by atoms with Crippen LogP contribution in [0.3, 0.4) is 0 Å². The number of aryl methyl sites for hydroxylation is 1. The van der Waals surface area contributed by atoms with Crippen LogP contribution in [-0.4, -0.2) is 29.4 Å². The summed E-state index contributed by atoms with van der Waals surface area (Å²) in [5.74, 6) is -4.74. The van der Waals surface area contributed by atoms with E-state index in [0.717, 1.165) is 28.7 Å². The van der Waals surface area contributed by atoms with Gasteiger partial charge in [-0.3, -0.25) is 14.5 Å². The fourth-order valence-corrected chi connectivity index (χ4v) is 4.75. The molecule has 30 heavy (non-hydrogen) atoms. The smallest absolute Gasteiger partial charge is 0.252 e. The zero-order valence-electron chi connectivity index (χ0n) is 15.7. The number of benzene rings is 2. The van der Waals surface area contributed by atoms with Gasteiger partial charge in [-0.15, -0.1) is 0 Å². The summed E-state index contributed by atoms with van der Waals surface area (Å²) in [7, 11) is 0. The molecule has 0 aromatic heterocycles. The van der Waals surface area contributed by atoms with Crippen molar-refractivity contribution in [3.8, 4) is 5.75 Å². The minimum Gasteiger partial charge on any atom is -0.508 e. The van der Waals surface area contributed by atoms with Crippen LogP contribution in [-0.2, 0) is 21.5 Å². The number of hydrogen-bond acceptors (Lipinski definition) is 3. The normalized spacial score (nSPS) is 22.1. The van der Waals surface area contributed by atoms with Crippen molar-refractivity contribution in [2.75, 3.05) is 4.90 Å². The van der Waals surface area contributed by atoms with Crippen LogP contribution in [0.5, 0.6) is 5.75 Å². The molecule has 2 aliphatic carbocycles. The molecule has 5 nitrogen and oxygen atoms in total. The molecule has 1 atom stereocenters. The molecule has 9 heteroatoms. The number of phenolic OH excluding ortho intramolecular Hbond substituents is 1. The number of fused-ring (bicyclic) bond motifs is 1. The van der Waals surface area contributed by atoms with Crippen LogP contribution < -0.4 is 10.2 Å². The molecule has 4 rings (SSSR count). The molecule has 0 bridgehead atoms. The molecule has 1 fully saturated rings. The van der Waals surface area contributed by atoms with Gasteiger partial charge in [-0.2, -0.15) is 0 Å². The van der Waals surface area contributed by atoms with Crippen molar-refractivity contribution in [3.63, 3.8) is 0 Å². The van der Waals surface area contributed by atoms with Crippen LogP contribution in [0.4, 0.5) is 18.9 Å². The molecule has 1 unspecified atom stereocenters. The molecule has 0 radical (unpaired) electrons. The van der Waals surface area contributed by atoms with Crippen LogP contribution in [0.25, 0.3) is 0 Å². The Kier molecular flexibility index (Phi) is 4.92. The molecule has 1 saturated carbocycles. The van der Waals surface area contributed by atoms with Crippen LogP contribution in [0, 0.1) is 5.82 Å². The monoisotopic (exact) mass is 438 g/mol. The average Bonchev–Trinajstić information content (AvgIpc) is 3.02. The third-order valence-electron chi connectivity index (χ3n) is 5.73. The number of anilines is 1. The Hall–Kier alpha value is -2.74. The molecule has 2 aromatic rings. The summed E-state index contributed by atoms with van der Waals surface area (Å²) < 4.78 is 40.5. The molecule has 2 N–H and O–H groups in total. The summed E-state index contributed by atoms with van der Waals surface area (Å²) in [6.45, 7) is 0. The van der Waals surface area contributed by atoms with Gasteiger partial charge in [0, 0.05) is 41.6 Å². The maximum absolute atomic E-state index is 14.0. The Morgan fingerprint density at radius 1 is 1.27 bits per heavy atom. The summed E-state index contributed by atoms with van der Waals surface area (Å²) in [6, 6.07) is 7.32. The van der Waals surface area contributed by atoms with E-state index < -0.39 is 47.8 Å². The summed E-state index contributed by atoms with van der Waals surface area (Å²) >= 11 is 6.41. The number of alkyl halides is 2. The number of halogens is 4. The third-order valence-corrected chi connectivity index (χ3v) is 6.05. The second-order valence-corrected chi connectivity index (χ2v) is 8.12. The number of phenols is 1. The Morgan fingerprint density at radius 3 is 2.63 bits per heavy atom. The number of aromatic hydroxyl groups is 1. The lowest BCUT2D eigenvalue weighted by molar-refractivity contribution is -0.135. The molecule has 158 valence electrons. The highest BCUT2D eigenvalue weighted by molar-refractivity contribution is 6.32. The van der Waals surface area contributed by atoms with E-state index in [4.69, 9.17) is 11.6 Å². The lowest BCUT2D eigenvalue weighted by Gasteiger charge is -2.42. The number of nitrogens with zero attached hydrogens (tertiary/aromatic N) is 1. The van der Waals surface area contributed by atoms with Gasteiger partial charge in [-0.25, -0.2) is 13.2 Å². The van der Waals surface area contributed by atoms with Gasteiger partial charge in [0.15, 0.2) is 5.54 Å². The minimum absolute atomic E-state index is 0.0515. The van der Waals surface area contributed by atoms with Gasteiger partial charge in [0.2, 0.25) is 6.41 Å². The standard InChI is InChI=1S/C21H18ClF3N2O3/c22-17-3-1-2-12-4-5-21(18(12)17,19(30)26-14-9-20(24,25)10-14)27(11-28)15-6-13(23)7-16(29)8-15/h1-3,6-8,11,14,29H,4-5,9-10H2,(H,26,30). The Labute approximate surface area is 175 Å². The van der Waals surface area contributed by atoms with E-state index in [2.05, 4.69) is 5.32 Å². The summed E-state index contributed by atoms with van der Waals surface area (Å²) in [5, 5.41) is 12.6. The number of carbonyl (C=O) groups excluding carboxylic acids is 2. The predicted molar refractivity (Wildman–Crippen MR) is 104 cm³/mol. The Bertz CT molecular complexity index is 1000. The van der Waals surface area contributed by atoms with Gasteiger partial charge < -0.3 is 10.4 Å². The van der Waals surface area contributed by atoms with Crippen molar-refractivity contribution >= 4 is 29.6 Å². The fraction of sp³-hybridized carbons (Fsp3) is 0.333. The van der Waals surface area contributed by atoms with Crippen molar-refractivity contribution in [2.24, 2.45) is 0 Å². The second kappa shape index (κ2) is 7.19. The molecular formula is C21H18ClF3N2O3. The number of amides is 2. The SMILES string of the molecule is O=CN(c1cc(O)cc(F)c1)C1(C(=O)NC2CC(F)(F)C2)CCc2cccc(Cl)c21. The van der Waals surface area contributed by atoms with E-state index in [1.54, 1.807) is 18.2 Å². The van der Waals surface area contributed by atoms with Crippen molar-refractivity contribution in [3.05, 3.63) is 58.4 Å². The Morgan fingerprint density at radius 2 is 2.00 bits per heavy atom. The van der Waals surface area contributed by atoms with E-state index in [0.29, 0.717) is 18.4 Å². The van der Waals surface area contributed by atoms with Crippen molar-refractivity contribution in [2.45, 2.75) is 43.2 Å². The topological polar surface area (TPSA) is 69.6 Å². The van der Waals surface area contributed by atoms with Crippen LogP contribution in [0.1, 0.15) is 30.4 Å². The number of nitrogens with one attached hydrogen (secondary N) is 1. The summed E-state index contributed by atoms with van der Waals surface area (Å²) in [5.41, 5.74) is -0.625. The van der Waals surface area contributed by atoms with Crippen LogP contribution >= 0.6 is 11.6 Å². The van der Waals surface area contributed by atoms with E-state index in [1.165, 1.54) is 0 Å². The zero-order valence-corrected chi connectivity index (χ0v) is 16.4. The minimum atomic E-state index is -2.84. The average molecular weight is 439 g/mol. The first-order valence-corrected chi connectivity index (χ1v) is 9.75. The number of carbonyl (C=O) groups is 2. The van der Waals surface area contributed by atoms with Crippen molar-refractivity contribution < 1.29 is 27.9 Å². The largest absolute Gasteiger partial charge is 0.508 e. The first kappa shape index (κ1) is 20.5. The predicted octanol–water partition coefficient (Wildman–Crippen LogP) is 3.90. The highest BCUT2D eigenvalue weighted by Gasteiger charge is 2.54. The third kappa shape index (κ3) is 3.29. The first-order valence-electron chi connectivity index (χ1n) is 9.37. The molecule has 2 aliphatic rings. The molecule has 2 aromatic carbocycles.